The summed E-state index contributed by atoms with van der Waals surface area (Å²) in [4.78, 5) is 77.6. The minimum absolute atomic E-state index is 0.00866. The molecule has 2 aliphatic rings. The summed E-state index contributed by atoms with van der Waals surface area (Å²) in [6, 6.07) is 8.65. The van der Waals surface area contributed by atoms with Crippen molar-refractivity contribution in [2.45, 2.75) is 148 Å². The summed E-state index contributed by atoms with van der Waals surface area (Å²) in [5, 5.41) is 37.6. The highest BCUT2D eigenvalue weighted by molar-refractivity contribution is 7.99. The Hall–Kier alpha value is -7.12. The number of hydrogen-bond acceptors (Lipinski definition) is 20. The molecule has 0 radical (unpaired) electrons. The zero-order valence-electron chi connectivity index (χ0n) is 54.4. The van der Waals surface area contributed by atoms with E-state index in [1.54, 1.807) is 45.9 Å². The van der Waals surface area contributed by atoms with Gasteiger partial charge in [0, 0.05) is 59.8 Å². The molecule has 2 N–H and O–H groups in total. The number of carbonyl (C=O) groups excluding carboxylic acids is 5. The number of ether oxygens (including phenoxy) is 3. The van der Waals surface area contributed by atoms with E-state index in [0.29, 0.717) is 81.2 Å². The van der Waals surface area contributed by atoms with Gasteiger partial charge in [-0.25, -0.2) is 41.4 Å². The maximum Gasteiger partial charge on any atom is 0.416 e. The highest BCUT2D eigenvalue weighted by Gasteiger charge is 2.50. The molecule has 1 aliphatic heterocycles. The van der Waals surface area contributed by atoms with Crippen molar-refractivity contribution in [2.75, 3.05) is 43.4 Å². The third-order valence-electron chi connectivity index (χ3n) is 14.1. The quantitative estimate of drug-likeness (QED) is 0.0117. The van der Waals surface area contributed by atoms with Gasteiger partial charge in [-0.1, -0.05) is 67.2 Å². The molecule has 96 heavy (non-hydrogen) atoms. The van der Waals surface area contributed by atoms with Crippen LogP contribution < -0.4 is 10.7 Å². The fourth-order valence-corrected chi connectivity index (χ4v) is 12.6. The molecule has 1 aliphatic carbocycles. The zero-order valence-corrected chi connectivity index (χ0v) is 59.0. The molecule has 7 rings (SSSR count). The SMILES string of the molecule is CCC/C(=N/OCC)C1=C(O)CC(CC(C)SCC)CC1=O.CCOC(=O)C(Cl)Cc1cc(-n2nc(C)n(C(F)F)c2=O)c(F)cc1Cl.CCOC(=O)C1=NN(c2ccc(Cl)cc2Cl)C(C)(C(=O)OCC)C1.Cc1nn(C)c(O)c1C(=O)c1ccc(C(F)(F)F)cc1S(C)(=O)=O. The average Bonchev–Trinajstić information content (AvgIpc) is 1.58. The van der Waals surface area contributed by atoms with Gasteiger partial charge in [0.05, 0.1) is 58.0 Å². The highest BCUT2D eigenvalue weighted by atomic mass is 35.5. The van der Waals surface area contributed by atoms with Gasteiger partial charge in [0.15, 0.2) is 27.0 Å². The van der Waals surface area contributed by atoms with Crippen LogP contribution in [0.4, 0.5) is 32.0 Å². The van der Waals surface area contributed by atoms with E-state index in [0.717, 1.165) is 41.5 Å². The molecule has 0 saturated heterocycles. The number of aliphatic hydroxyl groups excluding tert-OH is 1. The molecular formula is C62H74Cl4F6N8O14S2. The second kappa shape index (κ2) is 35.9. The maximum absolute atomic E-state index is 14.2. The zero-order chi connectivity index (χ0) is 72.5. The lowest BCUT2D eigenvalue weighted by Gasteiger charge is -2.32. The number of aryl methyl sites for hydroxylation is 3. The number of aromatic hydroxyl groups is 1. The van der Waals surface area contributed by atoms with Crippen molar-refractivity contribution in [3.63, 3.8) is 0 Å². The Morgan fingerprint density at radius 3 is 2.04 bits per heavy atom. The van der Waals surface area contributed by atoms with Gasteiger partial charge < -0.3 is 29.3 Å². The molecule has 4 unspecified atom stereocenters. The average molecular weight is 1480 g/mol. The lowest BCUT2D eigenvalue weighted by Crippen LogP contribution is -2.48. The number of benzene rings is 3. The van der Waals surface area contributed by atoms with Crippen LogP contribution in [0, 0.1) is 25.6 Å². The normalized spacial score (nSPS) is 16.3. The number of nitrogens with zero attached hydrogens (tertiary/aromatic N) is 8. The van der Waals surface area contributed by atoms with Gasteiger partial charge in [-0.3, -0.25) is 14.4 Å². The van der Waals surface area contributed by atoms with Gasteiger partial charge in [-0.05, 0) is 127 Å². The summed E-state index contributed by atoms with van der Waals surface area (Å²) in [6.45, 7) is 15.4. The molecule has 34 heteroatoms. The first-order valence-corrected chi connectivity index (χ1v) is 34.2. The number of anilines is 1. The summed E-state index contributed by atoms with van der Waals surface area (Å²) >= 11 is 26.0. The molecular weight excluding hydrogens is 1400 g/mol. The Morgan fingerprint density at radius 2 is 1.52 bits per heavy atom. The smallest absolute Gasteiger partial charge is 0.416 e. The van der Waals surface area contributed by atoms with Gasteiger partial charge in [0.25, 0.3) is 0 Å². The second-order valence-electron chi connectivity index (χ2n) is 21.5. The van der Waals surface area contributed by atoms with Crippen molar-refractivity contribution >= 4 is 115 Å². The van der Waals surface area contributed by atoms with Crippen LogP contribution in [-0.4, -0.2) is 138 Å². The topological polar surface area (TPSA) is 282 Å². The van der Waals surface area contributed by atoms with Gasteiger partial charge in [0.1, 0.15) is 40.5 Å². The van der Waals surface area contributed by atoms with Crippen molar-refractivity contribution in [2.24, 2.45) is 23.2 Å². The minimum atomic E-state index is -4.76. The van der Waals surface area contributed by atoms with Crippen molar-refractivity contribution < 1.29 is 88.0 Å². The summed E-state index contributed by atoms with van der Waals surface area (Å²) in [7, 11) is -2.75. The number of esters is 3. The van der Waals surface area contributed by atoms with E-state index in [9.17, 15) is 73.7 Å². The molecule has 22 nitrogen and oxygen atoms in total. The van der Waals surface area contributed by atoms with Gasteiger partial charge in [0.2, 0.25) is 11.7 Å². The molecule has 0 bridgehead atoms. The van der Waals surface area contributed by atoms with Gasteiger partial charge in [-0.2, -0.15) is 48.6 Å². The third kappa shape index (κ3) is 21.0. The summed E-state index contributed by atoms with van der Waals surface area (Å²) in [5.74, 6) is -2.90. The number of hydrogen-bond donors (Lipinski definition) is 2. The number of aromatic nitrogens is 5. The molecule has 2 aromatic heterocycles. The molecule has 3 heterocycles. The first kappa shape index (κ1) is 81.3. The van der Waals surface area contributed by atoms with E-state index in [-0.39, 0.29) is 93.8 Å². The van der Waals surface area contributed by atoms with Crippen molar-refractivity contribution in [1.29, 1.82) is 0 Å². The van der Waals surface area contributed by atoms with Gasteiger partial charge in [-0.15, -0.1) is 16.7 Å². The number of hydrazone groups is 1. The van der Waals surface area contributed by atoms with Crippen LogP contribution in [0.2, 0.25) is 15.1 Å². The minimum Gasteiger partial charge on any atom is -0.511 e. The predicted octanol–water partition coefficient (Wildman–Crippen LogP) is 13.3. The molecule has 528 valence electrons. The lowest BCUT2D eigenvalue weighted by atomic mass is 9.82. The number of allylic oxidation sites excluding steroid dienone is 2. The number of thioether (sulfide) groups is 1. The number of aliphatic hydroxyl groups is 1. The van der Waals surface area contributed by atoms with Crippen molar-refractivity contribution in [1.82, 2.24) is 24.1 Å². The van der Waals surface area contributed by atoms with Crippen LogP contribution in [0.5, 0.6) is 5.88 Å². The Kier molecular flexibility index (Phi) is 30.4. The largest absolute Gasteiger partial charge is 0.511 e. The van der Waals surface area contributed by atoms with E-state index in [1.807, 2.05) is 25.6 Å². The number of sulfone groups is 1. The highest BCUT2D eigenvalue weighted by Crippen LogP contribution is 2.40. The number of rotatable bonds is 23. The number of Topliss-reactive ketones (excluding diaryl/α,β-unsaturated/α-hetero) is 1. The standard InChI is InChI=1S/C17H29NO3S.C16H18Cl2N2O4.C15H14Cl2F3N3O3.C14H13F3N2O4S/c1-5-8-14(18-21-6-2)17-15(19)10-13(11-16(17)20)9-12(4)22-7-3;1-4-23-14(21)12-9-16(3,15(22)24-5-2)20(19-12)13-7-6-10(17)8-11(13)18;1-3-26-13(24)10(17)4-8-5-12(11(18)6-9(8)16)23-15(25)22(14(19)20)7(2)21-23;1-7-11(13(21)19(2)18-7)12(20)9-5-4-8(14(15,16)17)6-10(9)24(3,22)23/h12-13,19H,5-11H2,1-4H3;6-8H,4-5,9H2,1-3H3;5-6,10,14H,3-4H2,1-2H3;4-6,21H,1-3H3/b18-14-;;;. The molecule has 3 aromatic carbocycles. The van der Waals surface area contributed by atoms with E-state index < -0.39 is 90.6 Å². The molecule has 0 fully saturated rings. The number of ketones is 2. The molecule has 0 saturated carbocycles. The number of alkyl halides is 6. The van der Waals surface area contributed by atoms with Crippen LogP contribution in [-0.2, 0) is 67.7 Å². The Bertz CT molecular complexity index is 3920. The van der Waals surface area contributed by atoms with E-state index >= 15 is 0 Å². The van der Waals surface area contributed by atoms with E-state index in [4.69, 9.17) is 65.5 Å². The summed E-state index contributed by atoms with van der Waals surface area (Å²) in [6.07, 6.45) is -0.551. The molecule has 0 amide bonds. The van der Waals surface area contributed by atoms with Crippen LogP contribution in [0.1, 0.15) is 139 Å². The number of halogens is 10. The predicted molar refractivity (Wildman–Crippen MR) is 353 cm³/mol. The molecule has 4 atom stereocenters. The van der Waals surface area contributed by atoms with E-state index in [1.165, 1.54) is 25.9 Å². The molecule has 5 aromatic rings. The first-order chi connectivity index (χ1) is 44.9. The summed E-state index contributed by atoms with van der Waals surface area (Å²) in [5.41, 5.74) is -2.76. The first-order valence-electron chi connectivity index (χ1n) is 29.7. The molecule has 0 spiro atoms. The van der Waals surface area contributed by atoms with E-state index in [2.05, 4.69) is 34.3 Å². The maximum atomic E-state index is 14.2. The Balaban J connectivity index is 0.000000273. The fraction of sp³-hybridized carbons (Fsp3) is 0.484. The third-order valence-corrected chi connectivity index (χ3v) is 17.6. The Labute approximate surface area is 574 Å². The second-order valence-corrected chi connectivity index (χ2v) is 27.0. The number of oxime groups is 1. The lowest BCUT2D eigenvalue weighted by molar-refractivity contribution is -0.148. The van der Waals surface area contributed by atoms with Crippen LogP contribution in [0.15, 0.2) is 79.8 Å². The van der Waals surface area contributed by atoms with Crippen molar-refractivity contribution in [3.05, 3.63) is 125 Å². The van der Waals surface area contributed by atoms with Crippen LogP contribution >= 0.6 is 58.2 Å². The van der Waals surface area contributed by atoms with Crippen LogP contribution in [0.3, 0.4) is 0 Å². The summed E-state index contributed by atoms with van der Waals surface area (Å²) < 4.78 is 119. The fourth-order valence-electron chi connectivity index (χ4n) is 9.80. The number of carbonyl (C=O) groups is 5. The van der Waals surface area contributed by atoms with Gasteiger partial charge >= 0.3 is 36.3 Å². The Morgan fingerprint density at radius 1 is 0.875 bits per heavy atom. The van der Waals surface area contributed by atoms with Crippen LogP contribution in [0.25, 0.3) is 5.69 Å². The monoisotopic (exact) mass is 1470 g/mol. The van der Waals surface area contributed by atoms with Crippen molar-refractivity contribution in [3.8, 4) is 11.6 Å².